The smallest absolute Gasteiger partial charge is 0.260 e. The van der Waals surface area contributed by atoms with Crippen molar-refractivity contribution in [3.8, 4) is 0 Å². The molecule has 0 spiro atoms. The van der Waals surface area contributed by atoms with Gasteiger partial charge in [0.05, 0.1) is 11.8 Å². The molecule has 4 heteroatoms. The van der Waals surface area contributed by atoms with Crippen LogP contribution in [0.4, 0.5) is 0 Å². The van der Waals surface area contributed by atoms with Crippen molar-refractivity contribution in [2.24, 2.45) is 0 Å². The molecular formula is C12H13NO2S. The molecule has 0 saturated carbocycles. The number of benzene rings is 1. The van der Waals surface area contributed by atoms with Gasteiger partial charge >= 0.3 is 0 Å². The molecule has 3 nitrogen and oxygen atoms in total. The number of nitrogens with zero attached hydrogens (tertiary/aromatic N) is 1. The summed E-state index contributed by atoms with van der Waals surface area (Å²) in [6.07, 6.45) is 1.20. The van der Waals surface area contributed by atoms with E-state index >= 15 is 0 Å². The van der Waals surface area contributed by atoms with Crippen LogP contribution in [0.2, 0.25) is 0 Å². The van der Waals surface area contributed by atoms with E-state index in [1.807, 2.05) is 31.2 Å². The SMILES string of the molecule is Cc1coc(Sc2ccc([C@H](C)O)cc2)n1. The van der Waals surface area contributed by atoms with Crippen LogP contribution in [0.15, 0.2) is 45.1 Å². The monoisotopic (exact) mass is 235 g/mol. The molecule has 0 unspecified atom stereocenters. The van der Waals surface area contributed by atoms with Crippen LogP contribution in [0.3, 0.4) is 0 Å². The maximum Gasteiger partial charge on any atom is 0.260 e. The molecule has 0 bridgehead atoms. The Morgan fingerprint density at radius 1 is 1.31 bits per heavy atom. The molecule has 1 heterocycles. The summed E-state index contributed by atoms with van der Waals surface area (Å²) in [5.74, 6) is 0. The molecule has 2 rings (SSSR count). The van der Waals surface area contributed by atoms with Gasteiger partial charge in [0.15, 0.2) is 0 Å². The molecule has 1 aromatic carbocycles. The van der Waals surface area contributed by atoms with Gasteiger partial charge in [-0.05, 0) is 43.3 Å². The summed E-state index contributed by atoms with van der Waals surface area (Å²) < 4.78 is 5.25. The second-order valence-electron chi connectivity index (χ2n) is 3.60. The van der Waals surface area contributed by atoms with Gasteiger partial charge in [0.2, 0.25) is 0 Å². The third-order valence-electron chi connectivity index (χ3n) is 2.17. The van der Waals surface area contributed by atoms with Gasteiger partial charge in [-0.15, -0.1) is 0 Å². The van der Waals surface area contributed by atoms with Crippen molar-refractivity contribution >= 4 is 11.8 Å². The van der Waals surface area contributed by atoms with Crippen molar-refractivity contribution in [1.29, 1.82) is 0 Å². The van der Waals surface area contributed by atoms with Crippen LogP contribution in [0, 0.1) is 6.92 Å². The fraction of sp³-hybridized carbons (Fsp3) is 0.250. The van der Waals surface area contributed by atoms with Crippen molar-refractivity contribution in [2.45, 2.75) is 30.1 Å². The molecule has 0 aliphatic heterocycles. The molecule has 0 radical (unpaired) electrons. The predicted molar refractivity (Wildman–Crippen MR) is 62.4 cm³/mol. The average molecular weight is 235 g/mol. The van der Waals surface area contributed by atoms with E-state index < -0.39 is 6.10 Å². The highest BCUT2D eigenvalue weighted by Crippen LogP contribution is 2.27. The zero-order valence-electron chi connectivity index (χ0n) is 9.18. The lowest BCUT2D eigenvalue weighted by Crippen LogP contribution is -1.89. The van der Waals surface area contributed by atoms with Gasteiger partial charge in [0.25, 0.3) is 5.22 Å². The lowest BCUT2D eigenvalue weighted by Gasteiger charge is -2.04. The van der Waals surface area contributed by atoms with Crippen LogP contribution < -0.4 is 0 Å². The number of hydrogen-bond acceptors (Lipinski definition) is 4. The Morgan fingerprint density at radius 3 is 2.50 bits per heavy atom. The molecule has 84 valence electrons. The van der Waals surface area contributed by atoms with Crippen LogP contribution in [0.1, 0.15) is 24.3 Å². The first kappa shape index (κ1) is 11.2. The van der Waals surface area contributed by atoms with E-state index in [1.165, 1.54) is 11.8 Å². The Morgan fingerprint density at radius 2 is 2.00 bits per heavy atom. The topological polar surface area (TPSA) is 46.3 Å². The minimum absolute atomic E-state index is 0.428. The summed E-state index contributed by atoms with van der Waals surface area (Å²) in [7, 11) is 0. The fourth-order valence-electron chi connectivity index (χ4n) is 1.29. The van der Waals surface area contributed by atoms with Gasteiger partial charge in [-0.1, -0.05) is 12.1 Å². The molecule has 0 saturated heterocycles. The molecule has 1 atom stereocenters. The third-order valence-corrected chi connectivity index (χ3v) is 3.04. The number of aliphatic hydroxyl groups is 1. The third kappa shape index (κ3) is 2.65. The van der Waals surface area contributed by atoms with E-state index in [2.05, 4.69) is 4.98 Å². The first-order valence-corrected chi connectivity index (χ1v) is 5.85. The number of oxazole rings is 1. The number of aliphatic hydroxyl groups excluding tert-OH is 1. The number of hydrogen-bond donors (Lipinski definition) is 1. The Balaban J connectivity index is 2.11. The molecule has 0 fully saturated rings. The second kappa shape index (κ2) is 4.72. The van der Waals surface area contributed by atoms with Gasteiger partial charge in [-0.25, -0.2) is 4.98 Å². The Labute approximate surface area is 98.5 Å². The van der Waals surface area contributed by atoms with E-state index in [0.29, 0.717) is 5.22 Å². The molecule has 0 aliphatic rings. The molecule has 0 amide bonds. The number of aryl methyl sites for hydroxylation is 1. The lowest BCUT2D eigenvalue weighted by molar-refractivity contribution is 0.199. The number of rotatable bonds is 3. The Hall–Kier alpha value is -1.26. The lowest BCUT2D eigenvalue weighted by atomic mass is 10.1. The minimum Gasteiger partial charge on any atom is -0.439 e. The highest BCUT2D eigenvalue weighted by molar-refractivity contribution is 7.99. The minimum atomic E-state index is -0.428. The predicted octanol–water partition coefficient (Wildman–Crippen LogP) is 3.19. The molecule has 2 aromatic rings. The van der Waals surface area contributed by atoms with E-state index in [9.17, 15) is 5.11 Å². The van der Waals surface area contributed by atoms with Crippen molar-refractivity contribution in [2.75, 3.05) is 0 Å². The molecular weight excluding hydrogens is 222 g/mol. The van der Waals surface area contributed by atoms with Crippen LogP contribution in [0.25, 0.3) is 0 Å². The van der Waals surface area contributed by atoms with Crippen molar-refractivity contribution in [1.82, 2.24) is 4.98 Å². The van der Waals surface area contributed by atoms with Gasteiger partial charge in [0, 0.05) is 4.90 Å². The average Bonchev–Trinajstić information content (AvgIpc) is 2.65. The van der Waals surface area contributed by atoms with E-state index in [0.717, 1.165) is 16.2 Å². The zero-order valence-corrected chi connectivity index (χ0v) is 9.99. The van der Waals surface area contributed by atoms with E-state index in [1.54, 1.807) is 13.2 Å². The highest BCUT2D eigenvalue weighted by atomic mass is 32.2. The summed E-state index contributed by atoms with van der Waals surface area (Å²) in [4.78, 5) is 5.26. The van der Waals surface area contributed by atoms with Crippen molar-refractivity contribution in [3.05, 3.63) is 41.8 Å². The van der Waals surface area contributed by atoms with Crippen molar-refractivity contribution in [3.63, 3.8) is 0 Å². The molecule has 16 heavy (non-hydrogen) atoms. The van der Waals surface area contributed by atoms with Crippen molar-refractivity contribution < 1.29 is 9.52 Å². The fourth-order valence-corrected chi connectivity index (χ4v) is 2.05. The van der Waals surface area contributed by atoms with Gasteiger partial charge in [-0.2, -0.15) is 0 Å². The molecule has 1 N–H and O–H groups in total. The summed E-state index contributed by atoms with van der Waals surface area (Å²) in [5.41, 5.74) is 1.79. The first-order valence-electron chi connectivity index (χ1n) is 5.03. The van der Waals surface area contributed by atoms with Gasteiger partial charge in [-0.3, -0.25) is 0 Å². The summed E-state index contributed by atoms with van der Waals surface area (Å²) in [6.45, 7) is 3.64. The standard InChI is InChI=1S/C12H13NO2S/c1-8-7-15-12(13-8)16-11-5-3-10(4-6-11)9(2)14/h3-7,9,14H,1-2H3/t9-/m0/s1. The highest BCUT2D eigenvalue weighted by Gasteiger charge is 2.05. The number of aromatic nitrogens is 1. The van der Waals surface area contributed by atoms with E-state index in [4.69, 9.17) is 4.42 Å². The Bertz CT molecular complexity index is 462. The van der Waals surface area contributed by atoms with Crippen LogP contribution in [0.5, 0.6) is 0 Å². The molecule has 0 aliphatic carbocycles. The normalized spacial score (nSPS) is 12.7. The second-order valence-corrected chi connectivity index (χ2v) is 4.63. The maximum absolute atomic E-state index is 9.37. The van der Waals surface area contributed by atoms with Crippen LogP contribution in [-0.2, 0) is 0 Å². The van der Waals surface area contributed by atoms with Crippen LogP contribution >= 0.6 is 11.8 Å². The quantitative estimate of drug-likeness (QED) is 0.887. The summed E-state index contributed by atoms with van der Waals surface area (Å²) in [6, 6.07) is 7.71. The van der Waals surface area contributed by atoms with E-state index in [-0.39, 0.29) is 0 Å². The summed E-state index contributed by atoms with van der Waals surface area (Å²) >= 11 is 1.47. The first-order chi connectivity index (χ1) is 7.65. The largest absolute Gasteiger partial charge is 0.439 e. The molecule has 1 aromatic heterocycles. The van der Waals surface area contributed by atoms with Gasteiger partial charge in [0.1, 0.15) is 6.26 Å². The Kier molecular flexibility index (Phi) is 3.31. The maximum atomic E-state index is 9.37. The zero-order chi connectivity index (χ0) is 11.5. The van der Waals surface area contributed by atoms with Crippen LogP contribution in [-0.4, -0.2) is 10.1 Å². The summed E-state index contributed by atoms with van der Waals surface area (Å²) in [5, 5.41) is 10.0. The van der Waals surface area contributed by atoms with Gasteiger partial charge < -0.3 is 9.52 Å².